The highest BCUT2D eigenvalue weighted by Gasteiger charge is 2.20. The maximum atomic E-state index is 11.2. The van der Waals surface area contributed by atoms with Crippen LogP contribution in [0.25, 0.3) is 0 Å². The van der Waals surface area contributed by atoms with Crippen LogP contribution >= 0.6 is 0 Å². The Morgan fingerprint density at radius 1 is 1.38 bits per heavy atom. The Kier molecular flexibility index (Phi) is 5.41. The number of amides is 1. The van der Waals surface area contributed by atoms with Crippen molar-refractivity contribution in [2.45, 2.75) is 13.0 Å². The molecular formula is C15H23N3O3. The number of β-amino-alcohol motifs (C(OH)–C–C–N with tert-alkyl or cyclic N) is 1. The van der Waals surface area contributed by atoms with Crippen LogP contribution in [0.4, 0.5) is 5.69 Å². The maximum absolute atomic E-state index is 11.2. The van der Waals surface area contributed by atoms with Crippen molar-refractivity contribution in [2.75, 3.05) is 45.1 Å². The van der Waals surface area contributed by atoms with Crippen LogP contribution in [0.5, 0.6) is 5.75 Å². The molecule has 1 aromatic carbocycles. The van der Waals surface area contributed by atoms with Crippen molar-refractivity contribution in [3.63, 3.8) is 0 Å². The van der Waals surface area contributed by atoms with Crippen molar-refractivity contribution in [1.82, 2.24) is 9.80 Å². The summed E-state index contributed by atoms with van der Waals surface area (Å²) in [5.74, 6) is 0.774. The fourth-order valence-corrected chi connectivity index (χ4v) is 2.39. The summed E-state index contributed by atoms with van der Waals surface area (Å²) in [6.07, 6.45) is -0.560. The number of aliphatic hydroxyl groups excluding tert-OH is 1. The van der Waals surface area contributed by atoms with Gasteiger partial charge in [-0.15, -0.1) is 0 Å². The molecule has 1 unspecified atom stereocenters. The van der Waals surface area contributed by atoms with E-state index in [2.05, 4.69) is 4.90 Å². The second-order valence-electron chi connectivity index (χ2n) is 5.34. The van der Waals surface area contributed by atoms with E-state index in [0.29, 0.717) is 18.0 Å². The van der Waals surface area contributed by atoms with Crippen LogP contribution in [0.1, 0.15) is 6.92 Å². The Morgan fingerprint density at radius 3 is 2.71 bits per heavy atom. The van der Waals surface area contributed by atoms with E-state index in [4.69, 9.17) is 10.5 Å². The SMILES string of the molecule is CC(=O)N1CCN(CC(O)COc2cccc(N)c2)CC1. The molecule has 1 fully saturated rings. The lowest BCUT2D eigenvalue weighted by Gasteiger charge is -2.35. The summed E-state index contributed by atoms with van der Waals surface area (Å²) in [4.78, 5) is 15.2. The Labute approximate surface area is 125 Å². The van der Waals surface area contributed by atoms with E-state index >= 15 is 0 Å². The van der Waals surface area contributed by atoms with Gasteiger partial charge in [0, 0.05) is 51.4 Å². The van der Waals surface area contributed by atoms with Gasteiger partial charge in [-0.2, -0.15) is 0 Å². The molecule has 1 aliphatic heterocycles. The average molecular weight is 293 g/mol. The molecule has 0 spiro atoms. The van der Waals surface area contributed by atoms with E-state index in [1.807, 2.05) is 17.0 Å². The van der Waals surface area contributed by atoms with E-state index in [-0.39, 0.29) is 12.5 Å². The topological polar surface area (TPSA) is 79.0 Å². The number of ether oxygens (including phenoxy) is 1. The maximum Gasteiger partial charge on any atom is 0.219 e. The van der Waals surface area contributed by atoms with Gasteiger partial charge in [-0.3, -0.25) is 9.69 Å². The number of nitrogens with two attached hydrogens (primary N) is 1. The van der Waals surface area contributed by atoms with Gasteiger partial charge in [0.1, 0.15) is 18.5 Å². The van der Waals surface area contributed by atoms with Gasteiger partial charge in [0.2, 0.25) is 5.91 Å². The zero-order chi connectivity index (χ0) is 15.2. The molecule has 1 amide bonds. The minimum absolute atomic E-state index is 0.111. The first-order chi connectivity index (χ1) is 10.0. The molecule has 0 bridgehead atoms. The first-order valence-corrected chi connectivity index (χ1v) is 7.19. The highest BCUT2D eigenvalue weighted by Crippen LogP contribution is 2.14. The molecule has 1 aliphatic rings. The Bertz CT molecular complexity index is 473. The van der Waals surface area contributed by atoms with Gasteiger partial charge in [0.25, 0.3) is 0 Å². The second kappa shape index (κ2) is 7.28. The summed E-state index contributed by atoms with van der Waals surface area (Å²) in [7, 11) is 0. The van der Waals surface area contributed by atoms with Crippen LogP contribution in [-0.4, -0.2) is 66.2 Å². The van der Waals surface area contributed by atoms with Crippen molar-refractivity contribution in [1.29, 1.82) is 0 Å². The standard InChI is InChI=1S/C15H23N3O3/c1-12(19)18-7-5-17(6-8-18)10-14(20)11-21-15-4-2-3-13(16)9-15/h2-4,9,14,20H,5-8,10-11,16H2,1H3. The predicted octanol–water partition coefficient (Wildman–Crippen LogP) is 0.173. The van der Waals surface area contributed by atoms with Crippen LogP contribution in [-0.2, 0) is 4.79 Å². The third kappa shape index (κ3) is 4.91. The zero-order valence-electron chi connectivity index (χ0n) is 12.4. The second-order valence-corrected chi connectivity index (χ2v) is 5.34. The highest BCUT2D eigenvalue weighted by molar-refractivity contribution is 5.73. The first kappa shape index (κ1) is 15.6. The molecule has 0 aromatic heterocycles. The molecule has 1 saturated heterocycles. The van der Waals surface area contributed by atoms with Crippen molar-refractivity contribution in [3.05, 3.63) is 24.3 Å². The zero-order valence-corrected chi connectivity index (χ0v) is 12.4. The summed E-state index contributed by atoms with van der Waals surface area (Å²) in [6, 6.07) is 7.16. The first-order valence-electron chi connectivity index (χ1n) is 7.19. The summed E-state index contributed by atoms with van der Waals surface area (Å²) >= 11 is 0. The summed E-state index contributed by atoms with van der Waals surface area (Å²) in [5, 5.41) is 10.0. The molecule has 1 heterocycles. The van der Waals surface area contributed by atoms with Crippen LogP contribution in [0, 0.1) is 0 Å². The minimum atomic E-state index is -0.560. The van der Waals surface area contributed by atoms with Gasteiger partial charge < -0.3 is 20.5 Å². The molecular weight excluding hydrogens is 270 g/mol. The minimum Gasteiger partial charge on any atom is -0.491 e. The van der Waals surface area contributed by atoms with Gasteiger partial charge in [0.05, 0.1) is 0 Å². The molecule has 2 rings (SSSR count). The molecule has 6 heteroatoms. The van der Waals surface area contributed by atoms with Crippen LogP contribution in [0.3, 0.4) is 0 Å². The summed E-state index contributed by atoms with van der Waals surface area (Å²) in [5.41, 5.74) is 6.31. The third-order valence-electron chi connectivity index (χ3n) is 3.59. The summed E-state index contributed by atoms with van der Waals surface area (Å²) in [6.45, 7) is 5.38. The fourth-order valence-electron chi connectivity index (χ4n) is 2.39. The van der Waals surface area contributed by atoms with E-state index < -0.39 is 6.10 Å². The molecule has 0 radical (unpaired) electrons. The lowest BCUT2D eigenvalue weighted by atomic mass is 10.2. The van der Waals surface area contributed by atoms with E-state index in [0.717, 1.165) is 26.2 Å². The summed E-state index contributed by atoms with van der Waals surface area (Å²) < 4.78 is 5.53. The van der Waals surface area contributed by atoms with Gasteiger partial charge in [-0.05, 0) is 12.1 Å². The molecule has 3 N–H and O–H groups in total. The number of rotatable bonds is 5. The van der Waals surface area contributed by atoms with Crippen molar-refractivity contribution in [2.24, 2.45) is 0 Å². The lowest BCUT2D eigenvalue weighted by Crippen LogP contribution is -2.50. The number of hydrogen-bond donors (Lipinski definition) is 2. The van der Waals surface area contributed by atoms with Crippen LogP contribution < -0.4 is 10.5 Å². The smallest absolute Gasteiger partial charge is 0.219 e. The van der Waals surface area contributed by atoms with Crippen LogP contribution in [0.15, 0.2) is 24.3 Å². The van der Waals surface area contributed by atoms with Crippen molar-refractivity contribution >= 4 is 11.6 Å². The largest absolute Gasteiger partial charge is 0.491 e. The quantitative estimate of drug-likeness (QED) is 0.757. The van der Waals surface area contributed by atoms with Crippen molar-refractivity contribution in [3.8, 4) is 5.75 Å². The molecule has 21 heavy (non-hydrogen) atoms. The van der Waals surface area contributed by atoms with E-state index in [1.165, 1.54) is 0 Å². The number of anilines is 1. The lowest BCUT2D eigenvalue weighted by molar-refractivity contribution is -0.130. The predicted molar refractivity (Wildman–Crippen MR) is 81.1 cm³/mol. The Hall–Kier alpha value is -1.79. The highest BCUT2D eigenvalue weighted by atomic mass is 16.5. The van der Waals surface area contributed by atoms with Gasteiger partial charge in [-0.1, -0.05) is 6.07 Å². The Balaban J connectivity index is 1.70. The number of carbonyl (C=O) groups excluding carboxylic acids is 1. The Morgan fingerprint density at radius 2 is 2.10 bits per heavy atom. The third-order valence-corrected chi connectivity index (χ3v) is 3.59. The molecule has 1 atom stereocenters. The monoisotopic (exact) mass is 293 g/mol. The van der Waals surface area contributed by atoms with Gasteiger partial charge >= 0.3 is 0 Å². The average Bonchev–Trinajstić information content (AvgIpc) is 2.46. The normalized spacial score (nSPS) is 17.5. The number of nitrogens with zero attached hydrogens (tertiary/aromatic N) is 2. The molecule has 0 aliphatic carbocycles. The number of nitrogen functional groups attached to an aromatic ring is 1. The van der Waals surface area contributed by atoms with E-state index in [1.54, 1.807) is 19.1 Å². The molecule has 1 aromatic rings. The van der Waals surface area contributed by atoms with Gasteiger partial charge in [-0.25, -0.2) is 0 Å². The molecule has 6 nitrogen and oxygen atoms in total. The number of aliphatic hydroxyl groups is 1. The number of benzene rings is 1. The molecule has 116 valence electrons. The van der Waals surface area contributed by atoms with Crippen LogP contribution in [0.2, 0.25) is 0 Å². The fraction of sp³-hybridized carbons (Fsp3) is 0.533. The number of hydrogen-bond acceptors (Lipinski definition) is 5. The van der Waals surface area contributed by atoms with Crippen molar-refractivity contribution < 1.29 is 14.6 Å². The number of piperazine rings is 1. The van der Waals surface area contributed by atoms with E-state index in [9.17, 15) is 9.90 Å². The van der Waals surface area contributed by atoms with Gasteiger partial charge in [0.15, 0.2) is 0 Å². The number of carbonyl (C=O) groups is 1. The molecule has 0 saturated carbocycles.